The molecule has 0 atom stereocenters. The first kappa shape index (κ1) is 10.9. The lowest BCUT2D eigenvalue weighted by molar-refractivity contribution is 0.264. The van der Waals surface area contributed by atoms with E-state index in [4.69, 9.17) is 0 Å². The molecular weight excluding hydrogens is 254 g/mol. The summed E-state index contributed by atoms with van der Waals surface area (Å²) in [6.07, 6.45) is 6.11. The highest BCUT2D eigenvalue weighted by atomic mass is 79.9. The molecular formula is C11H16BrN3. The monoisotopic (exact) mass is 269 g/mol. The number of nitrogens with one attached hydrogen (secondary N) is 1. The summed E-state index contributed by atoms with van der Waals surface area (Å²) in [7, 11) is 2.18. The third-order valence-corrected chi connectivity index (χ3v) is 3.23. The molecule has 0 radical (unpaired) electrons. The number of halogens is 1. The fourth-order valence-corrected chi connectivity index (χ4v) is 2.24. The Labute approximate surface area is 99.0 Å². The van der Waals surface area contributed by atoms with Gasteiger partial charge in [0.05, 0.1) is 11.9 Å². The molecule has 0 bridgehead atoms. The van der Waals surface area contributed by atoms with Crippen LogP contribution in [0.5, 0.6) is 0 Å². The van der Waals surface area contributed by atoms with E-state index < -0.39 is 0 Å². The van der Waals surface area contributed by atoms with Crippen LogP contribution in [-0.4, -0.2) is 36.1 Å². The summed E-state index contributed by atoms with van der Waals surface area (Å²) in [4.78, 5) is 6.52. The maximum Gasteiger partial charge on any atom is 0.0540 e. The number of hydrogen-bond acceptors (Lipinski definition) is 3. The van der Waals surface area contributed by atoms with Crippen molar-refractivity contribution in [2.45, 2.75) is 18.9 Å². The van der Waals surface area contributed by atoms with Gasteiger partial charge in [-0.25, -0.2) is 0 Å². The van der Waals surface area contributed by atoms with E-state index in [1.54, 1.807) is 6.20 Å². The van der Waals surface area contributed by atoms with Gasteiger partial charge in [0.15, 0.2) is 0 Å². The number of aromatic nitrogens is 1. The average molecular weight is 270 g/mol. The summed E-state index contributed by atoms with van der Waals surface area (Å²) in [6.45, 7) is 2.36. The maximum absolute atomic E-state index is 4.14. The number of anilines is 1. The lowest BCUT2D eigenvalue weighted by Crippen LogP contribution is -2.36. The molecule has 1 aliphatic rings. The number of nitrogens with zero attached hydrogens (tertiary/aromatic N) is 2. The Morgan fingerprint density at radius 3 is 2.80 bits per heavy atom. The largest absolute Gasteiger partial charge is 0.381 e. The molecule has 2 rings (SSSR count). The van der Waals surface area contributed by atoms with Crippen LogP contribution in [0.15, 0.2) is 22.9 Å². The molecule has 1 fully saturated rings. The Kier molecular flexibility index (Phi) is 3.59. The average Bonchev–Trinajstić information content (AvgIpc) is 2.22. The molecule has 1 N–H and O–H groups in total. The van der Waals surface area contributed by atoms with Crippen LogP contribution in [0, 0.1) is 0 Å². The predicted molar refractivity (Wildman–Crippen MR) is 66.1 cm³/mol. The van der Waals surface area contributed by atoms with Gasteiger partial charge in [-0.15, -0.1) is 0 Å². The molecule has 0 spiro atoms. The predicted octanol–water partition coefficient (Wildman–Crippen LogP) is 2.35. The Morgan fingerprint density at radius 2 is 2.13 bits per heavy atom. The number of rotatable bonds is 2. The summed E-state index contributed by atoms with van der Waals surface area (Å²) in [5, 5.41) is 3.52. The van der Waals surface area contributed by atoms with Gasteiger partial charge in [-0.1, -0.05) is 0 Å². The fourth-order valence-electron chi connectivity index (χ4n) is 1.88. The molecule has 1 saturated heterocycles. The van der Waals surface area contributed by atoms with Crippen LogP contribution in [0.1, 0.15) is 12.8 Å². The first-order chi connectivity index (χ1) is 7.24. The summed E-state index contributed by atoms with van der Waals surface area (Å²) in [5.74, 6) is 0. The highest BCUT2D eigenvalue weighted by Gasteiger charge is 2.16. The quantitative estimate of drug-likeness (QED) is 0.894. The molecule has 0 saturated carbocycles. The van der Waals surface area contributed by atoms with E-state index in [0.717, 1.165) is 10.2 Å². The van der Waals surface area contributed by atoms with Crippen molar-refractivity contribution in [3.05, 3.63) is 22.9 Å². The third-order valence-electron chi connectivity index (χ3n) is 2.79. The molecule has 3 nitrogen and oxygen atoms in total. The van der Waals surface area contributed by atoms with Gasteiger partial charge >= 0.3 is 0 Å². The van der Waals surface area contributed by atoms with E-state index in [2.05, 4.69) is 44.2 Å². The zero-order chi connectivity index (χ0) is 10.7. The lowest BCUT2D eigenvalue weighted by Gasteiger charge is -2.30. The van der Waals surface area contributed by atoms with Gasteiger partial charge in [0.1, 0.15) is 0 Å². The van der Waals surface area contributed by atoms with Crippen molar-refractivity contribution in [3.63, 3.8) is 0 Å². The van der Waals surface area contributed by atoms with Crippen molar-refractivity contribution in [3.8, 4) is 0 Å². The molecule has 2 heterocycles. The second kappa shape index (κ2) is 4.94. The van der Waals surface area contributed by atoms with Crippen molar-refractivity contribution in [2.24, 2.45) is 0 Å². The number of hydrogen-bond donors (Lipinski definition) is 1. The molecule has 15 heavy (non-hydrogen) atoms. The van der Waals surface area contributed by atoms with Crippen molar-refractivity contribution >= 4 is 21.6 Å². The smallest absolute Gasteiger partial charge is 0.0540 e. The molecule has 82 valence electrons. The van der Waals surface area contributed by atoms with Gasteiger partial charge in [0.25, 0.3) is 0 Å². The van der Waals surface area contributed by atoms with Gasteiger partial charge in [-0.2, -0.15) is 0 Å². The fraction of sp³-hybridized carbons (Fsp3) is 0.545. The van der Waals surface area contributed by atoms with Crippen molar-refractivity contribution in [1.82, 2.24) is 9.88 Å². The third kappa shape index (κ3) is 3.18. The van der Waals surface area contributed by atoms with E-state index in [1.807, 2.05) is 6.20 Å². The molecule has 0 amide bonds. The summed E-state index contributed by atoms with van der Waals surface area (Å²) < 4.78 is 1.03. The van der Waals surface area contributed by atoms with Gasteiger partial charge in [-0.3, -0.25) is 4.98 Å². The van der Waals surface area contributed by atoms with Gasteiger partial charge in [-0.05, 0) is 55.0 Å². The number of likely N-dealkylation sites (tertiary alicyclic amines) is 1. The highest BCUT2D eigenvalue weighted by molar-refractivity contribution is 9.10. The van der Waals surface area contributed by atoms with Crippen LogP contribution in [0.3, 0.4) is 0 Å². The van der Waals surface area contributed by atoms with Gasteiger partial charge < -0.3 is 10.2 Å². The molecule has 0 aromatic carbocycles. The molecule has 0 aliphatic carbocycles. The standard InChI is InChI=1S/C11H16BrN3/c1-15-4-2-10(3-5-15)14-11-6-9(12)7-13-8-11/h6-8,10,14H,2-5H2,1H3. The van der Waals surface area contributed by atoms with Crippen molar-refractivity contribution < 1.29 is 0 Å². The van der Waals surface area contributed by atoms with Crippen LogP contribution in [0.25, 0.3) is 0 Å². The summed E-state index contributed by atoms with van der Waals surface area (Å²) >= 11 is 3.43. The van der Waals surface area contributed by atoms with Gasteiger partial charge in [0.2, 0.25) is 0 Å². The van der Waals surface area contributed by atoms with E-state index in [1.165, 1.54) is 25.9 Å². The van der Waals surface area contributed by atoms with E-state index in [-0.39, 0.29) is 0 Å². The minimum Gasteiger partial charge on any atom is -0.381 e. The van der Waals surface area contributed by atoms with Crippen LogP contribution in [0.4, 0.5) is 5.69 Å². The van der Waals surface area contributed by atoms with Crippen molar-refractivity contribution in [1.29, 1.82) is 0 Å². The zero-order valence-corrected chi connectivity index (χ0v) is 10.5. The van der Waals surface area contributed by atoms with Crippen LogP contribution < -0.4 is 5.32 Å². The second-order valence-electron chi connectivity index (χ2n) is 4.11. The summed E-state index contributed by atoms with van der Waals surface area (Å²) in [6, 6.07) is 2.67. The second-order valence-corrected chi connectivity index (χ2v) is 5.03. The Morgan fingerprint density at radius 1 is 1.40 bits per heavy atom. The van der Waals surface area contributed by atoms with E-state index in [9.17, 15) is 0 Å². The SMILES string of the molecule is CN1CCC(Nc2cncc(Br)c2)CC1. The first-order valence-corrected chi connectivity index (χ1v) is 6.09. The van der Waals surface area contributed by atoms with Crippen LogP contribution in [0.2, 0.25) is 0 Å². The summed E-state index contributed by atoms with van der Waals surface area (Å²) in [5.41, 5.74) is 1.11. The minimum atomic E-state index is 0.595. The number of pyridine rings is 1. The maximum atomic E-state index is 4.14. The molecule has 1 aliphatic heterocycles. The number of piperidine rings is 1. The van der Waals surface area contributed by atoms with Gasteiger partial charge in [0, 0.05) is 16.7 Å². The lowest BCUT2D eigenvalue weighted by atomic mass is 10.1. The Bertz CT molecular complexity index is 321. The normalized spacial score (nSPS) is 19.1. The Balaban J connectivity index is 1.92. The molecule has 0 unspecified atom stereocenters. The topological polar surface area (TPSA) is 28.2 Å². The van der Waals surface area contributed by atoms with Crippen molar-refractivity contribution in [2.75, 3.05) is 25.5 Å². The zero-order valence-electron chi connectivity index (χ0n) is 8.91. The molecule has 1 aromatic heterocycles. The van der Waals surface area contributed by atoms with E-state index >= 15 is 0 Å². The molecule has 4 heteroatoms. The Hall–Kier alpha value is -0.610. The highest BCUT2D eigenvalue weighted by Crippen LogP contribution is 2.18. The first-order valence-electron chi connectivity index (χ1n) is 5.29. The van der Waals surface area contributed by atoms with E-state index in [0.29, 0.717) is 6.04 Å². The minimum absolute atomic E-state index is 0.595. The molecule has 1 aromatic rings. The van der Waals surface area contributed by atoms with Crippen LogP contribution >= 0.6 is 15.9 Å². The van der Waals surface area contributed by atoms with Crippen LogP contribution in [-0.2, 0) is 0 Å².